The van der Waals surface area contributed by atoms with Crippen LogP contribution in [0.25, 0.3) is 0 Å². The Bertz CT molecular complexity index is 1060. The summed E-state index contributed by atoms with van der Waals surface area (Å²) in [6.07, 6.45) is 0. The van der Waals surface area contributed by atoms with Gasteiger partial charge >= 0.3 is 11.9 Å². The first-order valence-corrected chi connectivity index (χ1v) is 9.99. The second-order valence-corrected chi connectivity index (χ2v) is 7.44. The van der Waals surface area contributed by atoms with Crippen molar-refractivity contribution in [2.75, 3.05) is 13.2 Å². The van der Waals surface area contributed by atoms with E-state index in [1.54, 1.807) is 18.2 Å². The first-order chi connectivity index (χ1) is 16.1. The van der Waals surface area contributed by atoms with E-state index in [0.29, 0.717) is 0 Å². The van der Waals surface area contributed by atoms with E-state index in [9.17, 15) is 40.2 Å². The Morgan fingerprint density at radius 3 is 1.29 bits per heavy atom. The van der Waals surface area contributed by atoms with Crippen molar-refractivity contribution in [2.24, 2.45) is 0 Å². The molecule has 2 unspecified atom stereocenters. The Morgan fingerprint density at radius 1 is 0.618 bits per heavy atom. The van der Waals surface area contributed by atoms with Crippen molar-refractivity contribution in [1.29, 1.82) is 0 Å². The molecule has 0 aliphatic rings. The van der Waals surface area contributed by atoms with Gasteiger partial charge in [-0.25, -0.2) is 0 Å². The third-order valence-corrected chi connectivity index (χ3v) is 4.89. The number of aliphatic carboxylic acids is 2. The molecular formula is C24H22O10. The van der Waals surface area contributed by atoms with Crippen molar-refractivity contribution in [2.45, 2.75) is 11.8 Å². The fourth-order valence-corrected chi connectivity index (χ4v) is 3.27. The van der Waals surface area contributed by atoms with Gasteiger partial charge in [0.2, 0.25) is 0 Å². The first kappa shape index (κ1) is 24.1. The minimum Gasteiger partial charge on any atom is -0.508 e. The lowest BCUT2D eigenvalue weighted by atomic mass is 9.99. The van der Waals surface area contributed by atoms with E-state index in [1.165, 1.54) is 30.3 Å². The molecule has 0 radical (unpaired) electrons. The minimum atomic E-state index is -1.23. The maximum absolute atomic E-state index is 11.7. The number of aromatic hydroxyl groups is 4. The van der Waals surface area contributed by atoms with Crippen LogP contribution in [0.4, 0.5) is 0 Å². The van der Waals surface area contributed by atoms with E-state index in [1.807, 2.05) is 0 Å². The van der Waals surface area contributed by atoms with Gasteiger partial charge in [-0.15, -0.1) is 0 Å². The van der Waals surface area contributed by atoms with Crippen LogP contribution >= 0.6 is 0 Å². The predicted octanol–water partition coefficient (Wildman–Crippen LogP) is 3.00. The minimum absolute atomic E-state index is 0.149. The number of carboxylic acids is 2. The standard InChI is InChI=1S/C24H22O10/c25-15-4-13(5-16(26)8-15)21(23(29)30)11-33-19-2-1-3-20(10-19)34-12-22(24(31)32)14-6-17(27)9-18(28)7-14/h1-10,21-22,25-28H,11-12H2,(H,29,30)(H,31,32). The molecule has 0 saturated carbocycles. The van der Waals surface area contributed by atoms with Gasteiger partial charge < -0.3 is 40.1 Å². The van der Waals surface area contributed by atoms with Crippen molar-refractivity contribution >= 4 is 11.9 Å². The molecule has 6 N–H and O–H groups in total. The number of carbonyl (C=O) groups is 2. The summed E-state index contributed by atoms with van der Waals surface area (Å²) >= 11 is 0. The number of hydrogen-bond donors (Lipinski definition) is 6. The van der Waals surface area contributed by atoms with Gasteiger partial charge in [0, 0.05) is 18.2 Å². The van der Waals surface area contributed by atoms with Crippen LogP contribution < -0.4 is 9.47 Å². The largest absolute Gasteiger partial charge is 0.508 e. The summed E-state index contributed by atoms with van der Waals surface area (Å²) in [6, 6.07) is 13.1. The van der Waals surface area contributed by atoms with E-state index in [0.717, 1.165) is 12.1 Å². The average Bonchev–Trinajstić information content (AvgIpc) is 2.72. The van der Waals surface area contributed by atoms with Gasteiger partial charge in [0.1, 0.15) is 59.5 Å². The highest BCUT2D eigenvalue weighted by atomic mass is 16.5. The summed E-state index contributed by atoms with van der Waals surface area (Å²) in [6.45, 7) is -0.635. The second kappa shape index (κ2) is 10.3. The van der Waals surface area contributed by atoms with Crippen LogP contribution in [-0.4, -0.2) is 55.8 Å². The molecule has 0 spiro atoms. The van der Waals surface area contributed by atoms with Crippen LogP contribution in [0.15, 0.2) is 60.7 Å². The lowest BCUT2D eigenvalue weighted by Gasteiger charge is -2.17. The zero-order valence-electron chi connectivity index (χ0n) is 17.7. The summed E-state index contributed by atoms with van der Waals surface area (Å²) in [7, 11) is 0. The number of hydrogen-bond acceptors (Lipinski definition) is 8. The molecule has 0 bridgehead atoms. The molecule has 178 valence electrons. The van der Waals surface area contributed by atoms with Crippen molar-refractivity contribution in [3.63, 3.8) is 0 Å². The van der Waals surface area contributed by atoms with Gasteiger partial charge in [-0.3, -0.25) is 9.59 Å². The molecule has 0 aliphatic carbocycles. The van der Waals surface area contributed by atoms with Crippen LogP contribution in [0.1, 0.15) is 23.0 Å². The average molecular weight is 470 g/mol. The fraction of sp³-hybridized carbons (Fsp3) is 0.167. The van der Waals surface area contributed by atoms with Crippen LogP contribution in [0.3, 0.4) is 0 Å². The maximum Gasteiger partial charge on any atom is 0.314 e. The van der Waals surface area contributed by atoms with Gasteiger partial charge in [-0.05, 0) is 47.5 Å². The Labute approximate surface area is 193 Å². The van der Waals surface area contributed by atoms with Gasteiger partial charge in [0.25, 0.3) is 0 Å². The summed E-state index contributed by atoms with van der Waals surface area (Å²) < 4.78 is 11.1. The Hall–Kier alpha value is -4.60. The fourth-order valence-electron chi connectivity index (χ4n) is 3.27. The molecule has 10 heteroatoms. The lowest BCUT2D eigenvalue weighted by molar-refractivity contribution is -0.140. The molecule has 2 atom stereocenters. The van der Waals surface area contributed by atoms with Crippen LogP contribution in [0.5, 0.6) is 34.5 Å². The number of rotatable bonds is 10. The van der Waals surface area contributed by atoms with E-state index >= 15 is 0 Å². The van der Waals surface area contributed by atoms with Gasteiger partial charge in [0.15, 0.2) is 0 Å². The number of phenolic OH excluding ortho intramolecular Hbond substituents is 4. The highest BCUT2D eigenvalue weighted by molar-refractivity contribution is 5.77. The monoisotopic (exact) mass is 470 g/mol. The Morgan fingerprint density at radius 2 is 0.971 bits per heavy atom. The van der Waals surface area contributed by atoms with E-state index in [4.69, 9.17) is 9.47 Å². The van der Waals surface area contributed by atoms with Crippen molar-refractivity contribution in [3.05, 3.63) is 71.8 Å². The first-order valence-electron chi connectivity index (χ1n) is 9.99. The van der Waals surface area contributed by atoms with E-state index in [-0.39, 0.29) is 58.8 Å². The summed E-state index contributed by atoms with van der Waals surface area (Å²) in [5, 5.41) is 57.5. The van der Waals surface area contributed by atoms with Gasteiger partial charge in [-0.1, -0.05) is 6.07 Å². The molecule has 3 aromatic carbocycles. The van der Waals surface area contributed by atoms with E-state index in [2.05, 4.69) is 0 Å². The predicted molar refractivity (Wildman–Crippen MR) is 118 cm³/mol. The number of benzene rings is 3. The molecule has 0 fully saturated rings. The van der Waals surface area contributed by atoms with Crippen molar-refractivity contribution in [3.8, 4) is 34.5 Å². The molecule has 0 amide bonds. The van der Waals surface area contributed by atoms with Crippen molar-refractivity contribution < 1.29 is 49.7 Å². The Balaban J connectivity index is 1.70. The summed E-state index contributed by atoms with van der Waals surface area (Å²) in [5.41, 5.74) is 0.298. The van der Waals surface area contributed by atoms with Gasteiger partial charge in [-0.2, -0.15) is 0 Å². The molecular weight excluding hydrogens is 448 g/mol. The molecule has 3 rings (SSSR count). The third-order valence-electron chi connectivity index (χ3n) is 4.89. The molecule has 3 aromatic rings. The number of phenols is 4. The zero-order valence-corrected chi connectivity index (χ0v) is 17.7. The SMILES string of the molecule is O=C(O)C(COc1cccc(OCC(C(=O)O)c2cc(O)cc(O)c2)c1)c1cc(O)cc(O)c1. The second-order valence-electron chi connectivity index (χ2n) is 7.44. The third kappa shape index (κ3) is 6.22. The molecule has 0 saturated heterocycles. The molecule has 0 heterocycles. The van der Waals surface area contributed by atoms with Crippen molar-refractivity contribution in [1.82, 2.24) is 0 Å². The van der Waals surface area contributed by atoms with E-state index < -0.39 is 23.8 Å². The maximum atomic E-state index is 11.7. The lowest BCUT2D eigenvalue weighted by Crippen LogP contribution is -2.20. The molecule has 34 heavy (non-hydrogen) atoms. The van der Waals surface area contributed by atoms with Crippen LogP contribution in [-0.2, 0) is 9.59 Å². The molecule has 10 nitrogen and oxygen atoms in total. The smallest absolute Gasteiger partial charge is 0.314 e. The highest BCUT2D eigenvalue weighted by Gasteiger charge is 2.24. The zero-order chi connectivity index (χ0) is 24.8. The van der Waals surface area contributed by atoms with Gasteiger partial charge in [0.05, 0.1) is 0 Å². The topological polar surface area (TPSA) is 174 Å². The molecule has 0 aliphatic heterocycles. The van der Waals surface area contributed by atoms with Crippen LogP contribution in [0.2, 0.25) is 0 Å². The molecule has 0 aromatic heterocycles. The number of carboxylic acid groups (broad SMARTS) is 2. The highest BCUT2D eigenvalue weighted by Crippen LogP contribution is 2.30. The number of ether oxygens (including phenoxy) is 2. The quantitative estimate of drug-likeness (QED) is 0.258. The Kier molecular flexibility index (Phi) is 7.32. The van der Waals surface area contributed by atoms with Crippen LogP contribution in [0, 0.1) is 0 Å². The normalized spacial score (nSPS) is 12.5. The summed E-state index contributed by atoms with van der Waals surface area (Å²) in [5.74, 6) is -5.48. The summed E-state index contributed by atoms with van der Waals surface area (Å²) in [4.78, 5) is 23.4.